The van der Waals surface area contributed by atoms with Gasteiger partial charge in [0, 0.05) is 51.2 Å². The van der Waals surface area contributed by atoms with E-state index in [9.17, 15) is 4.79 Å². The fraction of sp³-hybridized carbons (Fsp3) is 0.684. The number of rotatable bonds is 6. The van der Waals surface area contributed by atoms with Crippen molar-refractivity contribution in [3.8, 4) is 5.75 Å². The first kappa shape index (κ1) is 18.1. The Bertz CT molecular complexity index is 524. The molecule has 0 aliphatic carbocycles. The molecule has 3 heterocycles. The van der Waals surface area contributed by atoms with Crippen LogP contribution >= 0.6 is 0 Å². The lowest BCUT2D eigenvalue weighted by molar-refractivity contribution is -0.137. The van der Waals surface area contributed by atoms with Crippen molar-refractivity contribution in [3.63, 3.8) is 0 Å². The van der Waals surface area contributed by atoms with Crippen LogP contribution in [0.5, 0.6) is 5.75 Å². The van der Waals surface area contributed by atoms with E-state index >= 15 is 0 Å². The van der Waals surface area contributed by atoms with Crippen molar-refractivity contribution < 1.29 is 14.3 Å². The summed E-state index contributed by atoms with van der Waals surface area (Å²) in [5.41, 5.74) is 0. The van der Waals surface area contributed by atoms with E-state index in [0.717, 1.165) is 57.6 Å². The number of nitrogens with zero attached hydrogens (tertiary/aromatic N) is 3. The maximum Gasteiger partial charge on any atom is 0.248 e. The second kappa shape index (κ2) is 9.15. The van der Waals surface area contributed by atoms with Gasteiger partial charge in [0.05, 0.1) is 0 Å². The Hall–Kier alpha value is -1.66. The molecule has 0 radical (unpaired) electrons. The average molecular weight is 347 g/mol. The third-order valence-corrected chi connectivity index (χ3v) is 5.19. The van der Waals surface area contributed by atoms with Gasteiger partial charge in [0.2, 0.25) is 5.91 Å². The van der Waals surface area contributed by atoms with Gasteiger partial charge < -0.3 is 14.4 Å². The standard InChI is InChI=1S/C19H29N3O3/c1-2-24-15-19(23)22-11-5-16(6-12-22)21-13-7-18(8-14-21)25-17-3-9-20-10-4-17/h3-4,9-10,16,18H,2,5-8,11-15H2,1H3. The lowest BCUT2D eigenvalue weighted by atomic mass is 9.99. The van der Waals surface area contributed by atoms with Gasteiger partial charge in [-0.25, -0.2) is 0 Å². The number of hydrogen-bond donors (Lipinski definition) is 0. The van der Waals surface area contributed by atoms with Crippen molar-refractivity contribution in [2.24, 2.45) is 0 Å². The van der Waals surface area contributed by atoms with E-state index in [0.29, 0.717) is 18.8 Å². The van der Waals surface area contributed by atoms with Crippen LogP contribution in [-0.4, -0.2) is 72.2 Å². The molecular formula is C19H29N3O3. The normalized spacial score (nSPS) is 20.6. The number of pyridine rings is 1. The first-order valence-electron chi connectivity index (χ1n) is 9.42. The molecule has 0 N–H and O–H groups in total. The van der Waals surface area contributed by atoms with Gasteiger partial charge >= 0.3 is 0 Å². The third kappa shape index (κ3) is 5.16. The third-order valence-electron chi connectivity index (χ3n) is 5.19. The largest absolute Gasteiger partial charge is 0.490 e. The van der Waals surface area contributed by atoms with E-state index in [-0.39, 0.29) is 12.5 Å². The number of likely N-dealkylation sites (tertiary alicyclic amines) is 2. The van der Waals surface area contributed by atoms with Crippen LogP contribution in [0, 0.1) is 0 Å². The Morgan fingerprint density at radius 3 is 2.44 bits per heavy atom. The minimum atomic E-state index is 0.129. The molecule has 0 atom stereocenters. The molecule has 0 unspecified atom stereocenters. The molecule has 2 fully saturated rings. The van der Waals surface area contributed by atoms with Gasteiger partial charge in [0.25, 0.3) is 0 Å². The van der Waals surface area contributed by atoms with Crippen LogP contribution in [0.2, 0.25) is 0 Å². The molecule has 0 aromatic carbocycles. The first-order valence-corrected chi connectivity index (χ1v) is 9.42. The molecule has 0 saturated carbocycles. The van der Waals surface area contributed by atoms with Gasteiger partial charge in [-0.05, 0) is 44.7 Å². The van der Waals surface area contributed by atoms with Crippen molar-refractivity contribution >= 4 is 5.91 Å². The predicted molar refractivity (Wildman–Crippen MR) is 95.6 cm³/mol. The van der Waals surface area contributed by atoms with Crippen LogP contribution in [0.4, 0.5) is 0 Å². The van der Waals surface area contributed by atoms with Crippen molar-refractivity contribution in [1.29, 1.82) is 0 Å². The van der Waals surface area contributed by atoms with Crippen molar-refractivity contribution in [3.05, 3.63) is 24.5 Å². The minimum Gasteiger partial charge on any atom is -0.490 e. The number of amides is 1. The number of piperidine rings is 2. The number of carbonyl (C=O) groups excluding carboxylic acids is 1. The summed E-state index contributed by atoms with van der Waals surface area (Å²) < 4.78 is 11.3. The van der Waals surface area contributed by atoms with Crippen LogP contribution in [0.15, 0.2) is 24.5 Å². The highest BCUT2D eigenvalue weighted by molar-refractivity contribution is 5.77. The highest BCUT2D eigenvalue weighted by atomic mass is 16.5. The molecule has 1 aromatic rings. The summed E-state index contributed by atoms with van der Waals surface area (Å²) in [6, 6.07) is 4.43. The van der Waals surface area contributed by atoms with E-state index in [4.69, 9.17) is 9.47 Å². The minimum absolute atomic E-state index is 0.129. The second-order valence-electron chi connectivity index (χ2n) is 6.79. The van der Waals surface area contributed by atoms with E-state index in [2.05, 4.69) is 9.88 Å². The fourth-order valence-corrected chi connectivity index (χ4v) is 3.73. The molecule has 3 rings (SSSR count). The predicted octanol–water partition coefficient (Wildman–Crippen LogP) is 1.95. The van der Waals surface area contributed by atoms with Gasteiger partial charge in [-0.2, -0.15) is 0 Å². The molecule has 0 bridgehead atoms. The van der Waals surface area contributed by atoms with E-state index < -0.39 is 0 Å². The van der Waals surface area contributed by atoms with Crippen LogP contribution < -0.4 is 4.74 Å². The maximum atomic E-state index is 12.0. The van der Waals surface area contributed by atoms with E-state index in [1.807, 2.05) is 24.0 Å². The highest BCUT2D eigenvalue weighted by Gasteiger charge is 2.30. The molecule has 6 nitrogen and oxygen atoms in total. The van der Waals surface area contributed by atoms with Crippen LogP contribution in [-0.2, 0) is 9.53 Å². The summed E-state index contributed by atoms with van der Waals surface area (Å²) in [6.07, 6.45) is 8.08. The van der Waals surface area contributed by atoms with Crippen LogP contribution in [0.25, 0.3) is 0 Å². The Morgan fingerprint density at radius 2 is 1.80 bits per heavy atom. The molecule has 25 heavy (non-hydrogen) atoms. The van der Waals surface area contributed by atoms with Crippen molar-refractivity contribution in [2.45, 2.75) is 44.8 Å². The average Bonchev–Trinajstić information content (AvgIpc) is 2.68. The first-order chi connectivity index (χ1) is 12.3. The van der Waals surface area contributed by atoms with E-state index in [1.165, 1.54) is 0 Å². The molecular weight excluding hydrogens is 318 g/mol. The lowest BCUT2D eigenvalue weighted by Crippen LogP contribution is -2.50. The smallest absolute Gasteiger partial charge is 0.248 e. The lowest BCUT2D eigenvalue weighted by Gasteiger charge is -2.41. The second-order valence-corrected chi connectivity index (χ2v) is 6.79. The molecule has 6 heteroatoms. The van der Waals surface area contributed by atoms with Gasteiger partial charge in [-0.1, -0.05) is 0 Å². The Balaban J connectivity index is 1.38. The Morgan fingerprint density at radius 1 is 1.12 bits per heavy atom. The highest BCUT2D eigenvalue weighted by Crippen LogP contribution is 2.23. The van der Waals surface area contributed by atoms with Crippen molar-refractivity contribution in [2.75, 3.05) is 39.4 Å². The summed E-state index contributed by atoms with van der Waals surface area (Å²) in [4.78, 5) is 20.6. The molecule has 138 valence electrons. The summed E-state index contributed by atoms with van der Waals surface area (Å²) in [6.45, 7) is 6.59. The molecule has 1 amide bonds. The van der Waals surface area contributed by atoms with Crippen LogP contribution in [0.3, 0.4) is 0 Å². The van der Waals surface area contributed by atoms with Gasteiger partial charge in [0.15, 0.2) is 0 Å². The molecule has 0 spiro atoms. The zero-order chi connectivity index (χ0) is 17.5. The summed E-state index contributed by atoms with van der Waals surface area (Å²) >= 11 is 0. The SMILES string of the molecule is CCOCC(=O)N1CCC(N2CCC(Oc3ccncc3)CC2)CC1. The summed E-state index contributed by atoms with van der Waals surface area (Å²) in [5.74, 6) is 1.04. The quantitative estimate of drug-likeness (QED) is 0.787. The zero-order valence-corrected chi connectivity index (χ0v) is 15.1. The van der Waals surface area contributed by atoms with Crippen molar-refractivity contribution in [1.82, 2.24) is 14.8 Å². The van der Waals surface area contributed by atoms with E-state index in [1.54, 1.807) is 12.4 Å². The Kier molecular flexibility index (Phi) is 6.64. The molecule has 1 aromatic heterocycles. The van der Waals surface area contributed by atoms with Gasteiger partial charge in [-0.3, -0.25) is 14.7 Å². The summed E-state index contributed by atoms with van der Waals surface area (Å²) in [5, 5.41) is 0. The van der Waals surface area contributed by atoms with Crippen LogP contribution in [0.1, 0.15) is 32.6 Å². The summed E-state index contributed by atoms with van der Waals surface area (Å²) in [7, 11) is 0. The van der Waals surface area contributed by atoms with Gasteiger partial charge in [0.1, 0.15) is 18.5 Å². The zero-order valence-electron chi connectivity index (χ0n) is 15.1. The molecule has 2 saturated heterocycles. The number of hydrogen-bond acceptors (Lipinski definition) is 5. The number of carbonyl (C=O) groups is 1. The fourth-order valence-electron chi connectivity index (χ4n) is 3.73. The number of ether oxygens (including phenoxy) is 2. The monoisotopic (exact) mass is 347 g/mol. The molecule has 2 aliphatic heterocycles. The maximum absolute atomic E-state index is 12.0. The molecule has 2 aliphatic rings. The number of aromatic nitrogens is 1. The Labute approximate surface area is 150 Å². The topological polar surface area (TPSA) is 54.9 Å². The van der Waals surface area contributed by atoms with Gasteiger partial charge in [-0.15, -0.1) is 0 Å².